The van der Waals surface area contributed by atoms with E-state index < -0.39 is 114 Å². The lowest BCUT2D eigenvalue weighted by Gasteiger charge is -2.42. The van der Waals surface area contributed by atoms with Crippen molar-refractivity contribution in [2.45, 2.75) is 83.9 Å². The third-order valence-electron chi connectivity index (χ3n) is 6.69. The van der Waals surface area contributed by atoms with E-state index in [4.69, 9.17) is 0 Å². The van der Waals surface area contributed by atoms with Crippen LogP contribution in [0.4, 0.5) is 123 Å². The van der Waals surface area contributed by atoms with Crippen molar-refractivity contribution in [3.63, 3.8) is 0 Å². The van der Waals surface area contributed by atoms with Crippen LogP contribution in [0.5, 0.6) is 11.5 Å². The Hall–Kier alpha value is -3.40. The molecule has 0 spiro atoms. The molecule has 0 aliphatic rings. The molecule has 0 aromatic heterocycles. The van der Waals surface area contributed by atoms with Crippen molar-refractivity contribution in [2.24, 2.45) is 0 Å². The molecular formula is C24H12F28O2. The van der Waals surface area contributed by atoms with Gasteiger partial charge in [-0.15, -0.1) is 0 Å². The molecule has 0 atom stereocenters. The molecule has 0 fully saturated rings. The van der Waals surface area contributed by atoms with Crippen LogP contribution in [0.3, 0.4) is 0 Å². The van der Waals surface area contributed by atoms with Crippen LogP contribution in [-0.2, 0) is 0 Å². The van der Waals surface area contributed by atoms with E-state index in [1.54, 1.807) is 0 Å². The summed E-state index contributed by atoms with van der Waals surface area (Å²) in [6.45, 7) is -4.40. The van der Waals surface area contributed by atoms with E-state index in [1.165, 1.54) is 0 Å². The van der Waals surface area contributed by atoms with Crippen LogP contribution < -0.4 is 9.47 Å². The Bertz CT molecular complexity index is 1480. The number of halogens is 28. The van der Waals surface area contributed by atoms with Gasteiger partial charge < -0.3 is 9.47 Å². The van der Waals surface area contributed by atoms with Gasteiger partial charge in [-0.05, 0) is 17.7 Å². The first-order chi connectivity index (χ1) is 23.5. The average molecular weight is 864 g/mol. The molecule has 316 valence electrons. The fraction of sp³-hybridized carbons (Fsp3) is 0.667. The molecule has 0 amide bonds. The summed E-state index contributed by atoms with van der Waals surface area (Å²) in [4.78, 5) is 0. The van der Waals surface area contributed by atoms with Crippen LogP contribution in [0.1, 0.15) is 5.56 Å². The first kappa shape index (κ1) is 48.6. The minimum absolute atomic E-state index is 0.0628. The summed E-state index contributed by atoms with van der Waals surface area (Å²) in [6.07, 6.45) is -11.5. The quantitative estimate of drug-likeness (QED) is 0.129. The molecule has 30 heteroatoms. The zero-order valence-corrected chi connectivity index (χ0v) is 24.5. The Kier molecular flexibility index (Phi) is 12.6. The fourth-order valence-corrected chi connectivity index (χ4v) is 3.34. The number of hydrogen-bond donors (Lipinski definition) is 0. The molecule has 1 rings (SSSR count). The lowest BCUT2D eigenvalue weighted by atomic mass is 9.89. The topological polar surface area (TPSA) is 18.5 Å². The molecule has 0 bridgehead atoms. The second-order valence-corrected chi connectivity index (χ2v) is 10.3. The summed E-state index contributed by atoms with van der Waals surface area (Å²) in [5, 5.41) is 0. The van der Waals surface area contributed by atoms with Crippen molar-refractivity contribution in [1.82, 2.24) is 0 Å². The van der Waals surface area contributed by atoms with Crippen molar-refractivity contribution >= 4 is 6.08 Å². The molecule has 0 saturated heterocycles. The summed E-state index contributed by atoms with van der Waals surface area (Å²) in [5.41, 5.74) is -0.691. The maximum Gasteiger partial charge on any atom is 0.385 e. The van der Waals surface area contributed by atoms with Crippen molar-refractivity contribution < 1.29 is 132 Å². The van der Waals surface area contributed by atoms with Gasteiger partial charge in [0.1, 0.15) is 0 Å². The molecule has 0 N–H and O–H groups in total. The Morgan fingerprint density at radius 3 is 1.02 bits per heavy atom. The normalized spacial score (nSPS) is 15.6. The van der Waals surface area contributed by atoms with Gasteiger partial charge in [-0.25, -0.2) is 17.6 Å². The Morgan fingerprint density at radius 1 is 0.426 bits per heavy atom. The summed E-state index contributed by atoms with van der Waals surface area (Å²) >= 11 is 0. The SMILES string of the molecule is C=Cc1ccc(OCC(F)(F)C(F)(F)C(F)(F)C(F)(F)C(F)(F)C(F)F)c(OCC(F)(F)C(F)(F)C(F)(F)C(F)(F)C(F)(F)C(F)(F)C(F)(F)C(F)F)c1. The fourth-order valence-electron chi connectivity index (χ4n) is 3.34. The predicted molar refractivity (Wildman–Crippen MR) is 119 cm³/mol. The summed E-state index contributed by atoms with van der Waals surface area (Å²) in [5.74, 6) is -100. The molecule has 2 nitrogen and oxygen atoms in total. The van der Waals surface area contributed by atoms with Crippen molar-refractivity contribution in [1.29, 1.82) is 0 Å². The maximum atomic E-state index is 14.3. The zero-order chi connectivity index (χ0) is 43.5. The van der Waals surface area contributed by atoms with E-state index in [2.05, 4.69) is 16.1 Å². The highest BCUT2D eigenvalue weighted by atomic mass is 19.4. The molecular weight excluding hydrogens is 852 g/mol. The minimum Gasteiger partial charge on any atom is -0.483 e. The van der Waals surface area contributed by atoms with E-state index in [0.29, 0.717) is 12.1 Å². The highest BCUT2D eigenvalue weighted by Gasteiger charge is 2.94. The minimum atomic E-state index is -8.85. The van der Waals surface area contributed by atoms with Gasteiger partial charge >= 0.3 is 83.9 Å². The van der Waals surface area contributed by atoms with E-state index in [0.717, 1.165) is 0 Å². The predicted octanol–water partition coefficient (Wildman–Crippen LogP) is 11.2. The van der Waals surface area contributed by atoms with Gasteiger partial charge in [-0.3, -0.25) is 0 Å². The molecule has 0 aliphatic carbocycles. The monoisotopic (exact) mass is 864 g/mol. The van der Waals surface area contributed by atoms with Gasteiger partial charge in [0.25, 0.3) is 0 Å². The number of alkyl halides is 28. The first-order valence-corrected chi connectivity index (χ1v) is 12.6. The molecule has 1 aromatic carbocycles. The van der Waals surface area contributed by atoms with E-state index >= 15 is 0 Å². The smallest absolute Gasteiger partial charge is 0.385 e. The van der Waals surface area contributed by atoms with Crippen LogP contribution in [0.25, 0.3) is 6.08 Å². The maximum absolute atomic E-state index is 14.3. The Morgan fingerprint density at radius 2 is 0.704 bits per heavy atom. The van der Waals surface area contributed by atoms with Crippen molar-refractivity contribution in [3.05, 3.63) is 30.3 Å². The summed E-state index contributed by atoms with van der Waals surface area (Å²) in [7, 11) is 0. The molecule has 0 heterocycles. The van der Waals surface area contributed by atoms with E-state index in [9.17, 15) is 123 Å². The molecule has 0 aliphatic heterocycles. The van der Waals surface area contributed by atoms with E-state index in [-0.39, 0.29) is 12.1 Å². The highest BCUT2D eigenvalue weighted by molar-refractivity contribution is 5.54. The third-order valence-corrected chi connectivity index (χ3v) is 6.69. The van der Waals surface area contributed by atoms with Crippen LogP contribution in [0.2, 0.25) is 0 Å². The van der Waals surface area contributed by atoms with Crippen molar-refractivity contribution in [2.75, 3.05) is 13.2 Å². The molecule has 0 unspecified atom stereocenters. The van der Waals surface area contributed by atoms with Crippen molar-refractivity contribution in [3.8, 4) is 11.5 Å². The van der Waals surface area contributed by atoms with Gasteiger partial charge in [0.15, 0.2) is 24.7 Å². The average Bonchev–Trinajstić information content (AvgIpc) is 3.01. The van der Waals surface area contributed by atoms with Gasteiger partial charge in [0.2, 0.25) is 0 Å². The standard InChI is InChI=1S/C24H12F28O2/c1-2-8-3-4-9(53-6-13(29,30)17(37,38)21(45,46)19(41,42)15(33,34)11(25)26)10(5-8)54-7-14(31,32)18(39,40)22(47,48)24(51,52)23(49,50)20(43,44)16(35,36)12(27)28/h2-5,11-12H,1,6-7H2. The number of rotatable bonds is 19. The van der Waals surface area contributed by atoms with Crippen LogP contribution in [0.15, 0.2) is 24.8 Å². The number of ether oxygens (including phenoxy) is 2. The lowest BCUT2D eigenvalue weighted by Crippen LogP contribution is -2.74. The molecule has 54 heavy (non-hydrogen) atoms. The molecule has 1 aromatic rings. The van der Waals surface area contributed by atoms with Gasteiger partial charge in [-0.2, -0.15) is 105 Å². The lowest BCUT2D eigenvalue weighted by molar-refractivity contribution is -0.447. The molecule has 0 radical (unpaired) electrons. The third kappa shape index (κ3) is 6.98. The second-order valence-electron chi connectivity index (χ2n) is 10.3. The first-order valence-electron chi connectivity index (χ1n) is 12.6. The number of benzene rings is 1. The number of hydrogen-bond acceptors (Lipinski definition) is 2. The van der Waals surface area contributed by atoms with Crippen LogP contribution in [0, 0.1) is 0 Å². The zero-order valence-electron chi connectivity index (χ0n) is 24.5. The second kappa shape index (κ2) is 14.0. The van der Waals surface area contributed by atoms with Gasteiger partial charge in [-0.1, -0.05) is 18.7 Å². The van der Waals surface area contributed by atoms with Gasteiger partial charge in [0.05, 0.1) is 0 Å². The highest BCUT2D eigenvalue weighted by Crippen LogP contribution is 2.63. The Balaban J connectivity index is 3.59. The summed E-state index contributed by atoms with van der Waals surface area (Å²) in [6, 6.07) is 0.256. The van der Waals surface area contributed by atoms with Crippen LogP contribution >= 0.6 is 0 Å². The largest absolute Gasteiger partial charge is 0.483 e. The van der Waals surface area contributed by atoms with Gasteiger partial charge in [0, 0.05) is 0 Å². The molecule has 0 saturated carbocycles. The van der Waals surface area contributed by atoms with Crippen LogP contribution in [-0.4, -0.2) is 97.1 Å². The Labute approximate surface area is 278 Å². The van der Waals surface area contributed by atoms with E-state index in [1.807, 2.05) is 0 Å². The summed E-state index contributed by atoms with van der Waals surface area (Å²) < 4.78 is 385.